The molecule has 1 heterocycles. The van der Waals surface area contributed by atoms with Crippen LogP contribution in [-0.4, -0.2) is 16.1 Å². The normalized spacial score (nSPS) is 10.2. The van der Waals surface area contributed by atoms with E-state index < -0.39 is 24.5 Å². The van der Waals surface area contributed by atoms with Gasteiger partial charge in [0.2, 0.25) is 0 Å². The molecule has 0 saturated heterocycles. The second-order valence-electron chi connectivity index (χ2n) is 2.86. The Morgan fingerprint density at radius 1 is 1.69 bits per heavy atom. The Labute approximate surface area is 103 Å². The number of alkyl halides is 2. The summed E-state index contributed by atoms with van der Waals surface area (Å²) >= 11 is 1.63. The summed E-state index contributed by atoms with van der Waals surface area (Å²) in [6, 6.07) is 2.71. The van der Waals surface area contributed by atoms with Crippen molar-refractivity contribution < 1.29 is 18.7 Å². The molecule has 1 aromatic rings. The predicted octanol–water partition coefficient (Wildman–Crippen LogP) is 2.12. The number of carboxylic acids is 1. The third-order valence-electron chi connectivity index (χ3n) is 1.75. The number of halogens is 3. The summed E-state index contributed by atoms with van der Waals surface area (Å²) in [4.78, 5) is 14.0. The van der Waals surface area contributed by atoms with Gasteiger partial charge in [-0.2, -0.15) is 5.26 Å². The van der Waals surface area contributed by atoms with Gasteiger partial charge in [-0.25, -0.2) is 13.8 Å². The second kappa shape index (κ2) is 5.16. The van der Waals surface area contributed by atoms with Gasteiger partial charge in [0.1, 0.15) is 15.5 Å². The topological polar surface area (TPSA) is 74.0 Å². The molecule has 1 aromatic heterocycles. The van der Waals surface area contributed by atoms with Crippen molar-refractivity contribution in [1.29, 1.82) is 5.26 Å². The molecule has 1 rings (SSSR count). The van der Waals surface area contributed by atoms with Crippen LogP contribution < -0.4 is 0 Å². The first-order chi connectivity index (χ1) is 7.45. The fourth-order valence-electron chi connectivity index (χ4n) is 1.12. The molecule has 0 aliphatic heterocycles. The Morgan fingerprint density at radius 3 is 2.75 bits per heavy atom. The van der Waals surface area contributed by atoms with Crippen molar-refractivity contribution in [3.63, 3.8) is 0 Å². The molecular weight excluding hydrogens is 333 g/mol. The summed E-state index contributed by atoms with van der Waals surface area (Å²) in [5.41, 5.74) is -0.420. The lowest BCUT2D eigenvalue weighted by Gasteiger charge is -2.06. The quantitative estimate of drug-likeness (QED) is 0.677. The van der Waals surface area contributed by atoms with E-state index in [1.54, 1.807) is 28.7 Å². The number of carboxylic acid groups (broad SMARTS) is 1. The summed E-state index contributed by atoms with van der Waals surface area (Å²) in [5, 5.41) is 17.4. The van der Waals surface area contributed by atoms with Gasteiger partial charge in [-0.15, -0.1) is 0 Å². The number of pyridine rings is 1. The number of aromatic nitrogens is 1. The molecule has 0 spiro atoms. The van der Waals surface area contributed by atoms with E-state index in [0.717, 1.165) is 6.07 Å². The maximum absolute atomic E-state index is 12.4. The van der Waals surface area contributed by atoms with E-state index in [-0.39, 0.29) is 14.8 Å². The van der Waals surface area contributed by atoms with E-state index in [0.29, 0.717) is 0 Å². The highest BCUT2D eigenvalue weighted by molar-refractivity contribution is 14.1. The molecule has 0 saturated carbocycles. The van der Waals surface area contributed by atoms with E-state index in [9.17, 15) is 13.6 Å². The van der Waals surface area contributed by atoms with Gasteiger partial charge in [0.25, 0.3) is 6.43 Å². The number of aliphatic carboxylic acids is 1. The third-order valence-corrected chi connectivity index (χ3v) is 2.53. The lowest BCUT2D eigenvalue weighted by molar-refractivity contribution is -0.136. The Morgan fingerprint density at radius 2 is 2.31 bits per heavy atom. The van der Waals surface area contributed by atoms with E-state index >= 15 is 0 Å². The minimum atomic E-state index is -2.78. The maximum Gasteiger partial charge on any atom is 0.307 e. The molecule has 0 bridgehead atoms. The number of carbonyl (C=O) groups is 1. The Balaban J connectivity index is 3.32. The van der Waals surface area contributed by atoms with Crippen molar-refractivity contribution in [2.75, 3.05) is 0 Å². The predicted molar refractivity (Wildman–Crippen MR) is 58.0 cm³/mol. The van der Waals surface area contributed by atoms with Gasteiger partial charge >= 0.3 is 5.97 Å². The van der Waals surface area contributed by atoms with Gasteiger partial charge in [0.15, 0.2) is 0 Å². The van der Waals surface area contributed by atoms with Crippen molar-refractivity contribution in [2.45, 2.75) is 12.8 Å². The summed E-state index contributed by atoms with van der Waals surface area (Å²) in [7, 11) is 0. The molecule has 4 nitrogen and oxygen atoms in total. The van der Waals surface area contributed by atoms with Crippen LogP contribution in [0.25, 0.3) is 0 Å². The fourth-order valence-corrected chi connectivity index (χ4v) is 1.86. The van der Waals surface area contributed by atoms with Gasteiger partial charge in [-0.3, -0.25) is 4.79 Å². The van der Waals surface area contributed by atoms with E-state index in [4.69, 9.17) is 10.4 Å². The third kappa shape index (κ3) is 2.85. The maximum atomic E-state index is 12.4. The summed E-state index contributed by atoms with van der Waals surface area (Å²) < 4.78 is 24.9. The van der Waals surface area contributed by atoms with Crippen LogP contribution in [0.15, 0.2) is 6.07 Å². The largest absolute Gasteiger partial charge is 0.481 e. The molecule has 7 heteroatoms. The molecule has 0 radical (unpaired) electrons. The smallest absolute Gasteiger partial charge is 0.307 e. The average molecular weight is 338 g/mol. The highest BCUT2D eigenvalue weighted by Crippen LogP contribution is 2.23. The zero-order valence-corrected chi connectivity index (χ0v) is 9.90. The number of nitriles is 1. The van der Waals surface area contributed by atoms with Gasteiger partial charge < -0.3 is 5.11 Å². The number of hydrogen-bond donors (Lipinski definition) is 1. The van der Waals surface area contributed by atoms with Crippen molar-refractivity contribution in [3.8, 4) is 6.07 Å². The molecule has 1 N–H and O–H groups in total. The van der Waals surface area contributed by atoms with Crippen LogP contribution in [-0.2, 0) is 11.2 Å². The van der Waals surface area contributed by atoms with Crippen LogP contribution in [0.3, 0.4) is 0 Å². The van der Waals surface area contributed by atoms with Gasteiger partial charge in [-0.05, 0) is 34.2 Å². The first-order valence-electron chi connectivity index (χ1n) is 4.05. The van der Waals surface area contributed by atoms with E-state index in [2.05, 4.69) is 4.98 Å². The van der Waals surface area contributed by atoms with Crippen LogP contribution >= 0.6 is 22.6 Å². The summed E-state index contributed by atoms with van der Waals surface area (Å²) in [5.74, 6) is -1.18. The first kappa shape index (κ1) is 12.8. The highest BCUT2D eigenvalue weighted by atomic mass is 127. The van der Waals surface area contributed by atoms with Crippen LogP contribution in [0, 0.1) is 15.0 Å². The number of rotatable bonds is 3. The molecule has 84 valence electrons. The van der Waals surface area contributed by atoms with Gasteiger partial charge in [0, 0.05) is 0 Å². The minimum absolute atomic E-state index is 0.0346. The highest BCUT2D eigenvalue weighted by Gasteiger charge is 2.17. The Bertz CT molecular complexity index is 471. The van der Waals surface area contributed by atoms with Crippen molar-refractivity contribution in [2.24, 2.45) is 0 Å². The summed E-state index contributed by atoms with van der Waals surface area (Å²) in [6.07, 6.45) is -3.25. The van der Waals surface area contributed by atoms with Crippen LogP contribution in [0.1, 0.15) is 23.2 Å². The molecule has 0 amide bonds. The second-order valence-corrected chi connectivity index (χ2v) is 3.88. The number of hydrogen-bond acceptors (Lipinski definition) is 3. The van der Waals surface area contributed by atoms with Gasteiger partial charge in [0.05, 0.1) is 12.0 Å². The average Bonchev–Trinajstić information content (AvgIpc) is 2.16. The zero-order chi connectivity index (χ0) is 12.3. The lowest BCUT2D eigenvalue weighted by Crippen LogP contribution is -2.07. The van der Waals surface area contributed by atoms with Crippen LogP contribution in [0.5, 0.6) is 0 Å². The molecular formula is C9H5F2IN2O2. The lowest BCUT2D eigenvalue weighted by atomic mass is 10.1. The molecule has 0 aliphatic rings. The standard InChI is InChI=1S/C9H5F2IN2O2/c10-8(11)6-1-4(2-7(15)16)5(3-13)9(12)14-6/h1,8H,2H2,(H,15,16). The molecule has 0 atom stereocenters. The molecule has 0 fully saturated rings. The van der Waals surface area contributed by atoms with E-state index in [1.807, 2.05) is 0 Å². The van der Waals surface area contributed by atoms with Gasteiger partial charge in [-0.1, -0.05) is 0 Å². The molecule has 16 heavy (non-hydrogen) atoms. The van der Waals surface area contributed by atoms with Crippen LogP contribution in [0.4, 0.5) is 8.78 Å². The number of nitrogens with zero attached hydrogens (tertiary/aromatic N) is 2. The van der Waals surface area contributed by atoms with Crippen molar-refractivity contribution >= 4 is 28.6 Å². The van der Waals surface area contributed by atoms with E-state index in [1.165, 1.54) is 0 Å². The molecule has 0 unspecified atom stereocenters. The molecule has 0 aliphatic carbocycles. The Kier molecular flexibility index (Phi) is 4.12. The van der Waals surface area contributed by atoms with Crippen LogP contribution in [0.2, 0.25) is 0 Å². The monoisotopic (exact) mass is 338 g/mol. The minimum Gasteiger partial charge on any atom is -0.481 e. The first-order valence-corrected chi connectivity index (χ1v) is 5.13. The fraction of sp³-hybridized carbons (Fsp3) is 0.222. The SMILES string of the molecule is N#Cc1c(CC(=O)O)cc(C(F)F)nc1I. The molecule has 0 aromatic carbocycles. The van der Waals surface area contributed by atoms with Crippen molar-refractivity contribution in [3.05, 3.63) is 26.6 Å². The summed E-state index contributed by atoms with van der Waals surface area (Å²) in [6.45, 7) is 0. The zero-order valence-electron chi connectivity index (χ0n) is 7.75. The Hall–Kier alpha value is -1.30. The van der Waals surface area contributed by atoms with Crippen molar-refractivity contribution in [1.82, 2.24) is 4.98 Å².